The maximum absolute atomic E-state index is 10.7. The van der Waals surface area contributed by atoms with Crippen LogP contribution in [0.3, 0.4) is 0 Å². The SMILES string of the molecule is COc1cc(C2=NCCS2)cc(Cl)c1OCc1ccc([N+](=O)[O-])cc1. The summed E-state index contributed by atoms with van der Waals surface area (Å²) in [7, 11) is 1.55. The Hall–Kier alpha value is -2.25. The summed E-state index contributed by atoms with van der Waals surface area (Å²) in [6.07, 6.45) is 0. The second-order valence-corrected chi connectivity index (χ2v) is 6.73. The predicted molar refractivity (Wildman–Crippen MR) is 99.3 cm³/mol. The summed E-state index contributed by atoms with van der Waals surface area (Å²) in [5, 5.41) is 12.1. The minimum Gasteiger partial charge on any atom is -0.493 e. The highest BCUT2D eigenvalue weighted by molar-refractivity contribution is 8.14. The van der Waals surface area contributed by atoms with Crippen molar-refractivity contribution in [3.63, 3.8) is 0 Å². The third-order valence-corrected chi connectivity index (χ3v) is 4.90. The van der Waals surface area contributed by atoms with Crippen LogP contribution >= 0.6 is 23.4 Å². The number of aliphatic imine (C=N–C) groups is 1. The van der Waals surface area contributed by atoms with Gasteiger partial charge in [-0.15, -0.1) is 11.8 Å². The Bertz CT molecular complexity index is 824. The van der Waals surface area contributed by atoms with E-state index in [1.54, 1.807) is 31.0 Å². The summed E-state index contributed by atoms with van der Waals surface area (Å²) >= 11 is 8.05. The van der Waals surface area contributed by atoms with E-state index in [0.717, 1.165) is 28.5 Å². The van der Waals surface area contributed by atoms with E-state index in [1.165, 1.54) is 12.1 Å². The number of nitro groups is 1. The number of non-ortho nitro benzene ring substituents is 1. The van der Waals surface area contributed by atoms with Crippen molar-refractivity contribution in [3.8, 4) is 11.5 Å². The monoisotopic (exact) mass is 378 g/mol. The number of hydrogen-bond acceptors (Lipinski definition) is 6. The minimum atomic E-state index is -0.437. The molecule has 0 fully saturated rings. The number of benzene rings is 2. The molecule has 1 heterocycles. The molecule has 0 atom stereocenters. The fraction of sp³-hybridized carbons (Fsp3) is 0.235. The average Bonchev–Trinajstić information content (AvgIpc) is 3.15. The van der Waals surface area contributed by atoms with Crippen LogP contribution in [0.2, 0.25) is 5.02 Å². The van der Waals surface area contributed by atoms with Gasteiger partial charge in [0.2, 0.25) is 0 Å². The van der Waals surface area contributed by atoms with Crippen molar-refractivity contribution >= 4 is 34.1 Å². The molecule has 8 heteroatoms. The number of halogens is 1. The number of rotatable bonds is 6. The van der Waals surface area contributed by atoms with Gasteiger partial charge in [0, 0.05) is 30.0 Å². The van der Waals surface area contributed by atoms with Gasteiger partial charge in [-0.2, -0.15) is 0 Å². The standard InChI is InChI=1S/C17H15ClN2O4S/c1-23-15-9-12(17-19-6-7-25-17)8-14(18)16(15)24-10-11-2-4-13(5-3-11)20(21)22/h2-5,8-9H,6-7,10H2,1H3. The first-order valence-corrected chi connectivity index (χ1v) is 8.86. The van der Waals surface area contributed by atoms with Crippen LogP contribution in [0.4, 0.5) is 5.69 Å². The Morgan fingerprint density at radius 3 is 2.68 bits per heavy atom. The van der Waals surface area contributed by atoms with Crippen molar-refractivity contribution in [2.24, 2.45) is 4.99 Å². The second-order valence-electron chi connectivity index (χ2n) is 5.24. The molecule has 130 valence electrons. The molecule has 25 heavy (non-hydrogen) atoms. The normalized spacial score (nSPS) is 13.4. The molecule has 0 aromatic heterocycles. The molecule has 3 rings (SSSR count). The van der Waals surface area contributed by atoms with Gasteiger partial charge in [-0.1, -0.05) is 11.6 Å². The molecule has 1 aliphatic rings. The number of hydrogen-bond donors (Lipinski definition) is 0. The van der Waals surface area contributed by atoms with E-state index in [1.807, 2.05) is 12.1 Å². The van der Waals surface area contributed by atoms with Gasteiger partial charge >= 0.3 is 0 Å². The van der Waals surface area contributed by atoms with Crippen molar-refractivity contribution in [1.29, 1.82) is 0 Å². The fourth-order valence-electron chi connectivity index (χ4n) is 2.36. The minimum absolute atomic E-state index is 0.0403. The van der Waals surface area contributed by atoms with Gasteiger partial charge in [-0.05, 0) is 29.8 Å². The van der Waals surface area contributed by atoms with Crippen LogP contribution in [0.5, 0.6) is 11.5 Å². The molecular weight excluding hydrogens is 364 g/mol. The Labute approximate surface area is 154 Å². The Balaban J connectivity index is 1.78. The van der Waals surface area contributed by atoms with Crippen LogP contribution in [-0.4, -0.2) is 29.4 Å². The molecule has 2 aromatic carbocycles. The van der Waals surface area contributed by atoms with Crippen LogP contribution < -0.4 is 9.47 Å². The van der Waals surface area contributed by atoms with Crippen LogP contribution in [0.15, 0.2) is 41.4 Å². The van der Waals surface area contributed by atoms with Crippen molar-refractivity contribution < 1.29 is 14.4 Å². The van der Waals surface area contributed by atoms with Crippen molar-refractivity contribution in [2.45, 2.75) is 6.61 Å². The van der Waals surface area contributed by atoms with E-state index in [9.17, 15) is 10.1 Å². The van der Waals surface area contributed by atoms with Gasteiger partial charge in [0.15, 0.2) is 11.5 Å². The lowest BCUT2D eigenvalue weighted by molar-refractivity contribution is -0.384. The zero-order valence-electron chi connectivity index (χ0n) is 13.4. The molecule has 0 saturated heterocycles. The number of nitrogens with zero attached hydrogens (tertiary/aromatic N) is 2. The van der Waals surface area contributed by atoms with Gasteiger partial charge in [0.25, 0.3) is 5.69 Å². The predicted octanol–water partition coefficient (Wildman–Crippen LogP) is 4.33. The summed E-state index contributed by atoms with van der Waals surface area (Å²) in [4.78, 5) is 14.7. The number of ether oxygens (including phenoxy) is 2. The molecule has 2 aromatic rings. The molecule has 0 amide bonds. The van der Waals surface area contributed by atoms with Crippen LogP contribution in [0, 0.1) is 10.1 Å². The summed E-state index contributed by atoms with van der Waals surface area (Å²) in [5.74, 6) is 1.93. The summed E-state index contributed by atoms with van der Waals surface area (Å²) in [5.41, 5.74) is 1.74. The van der Waals surface area contributed by atoms with Gasteiger partial charge < -0.3 is 9.47 Å². The highest BCUT2D eigenvalue weighted by Gasteiger charge is 2.17. The van der Waals surface area contributed by atoms with Crippen molar-refractivity contribution in [2.75, 3.05) is 19.4 Å². The summed E-state index contributed by atoms with van der Waals surface area (Å²) in [6, 6.07) is 9.85. The van der Waals surface area contributed by atoms with Gasteiger partial charge in [-0.3, -0.25) is 15.1 Å². The van der Waals surface area contributed by atoms with E-state index in [4.69, 9.17) is 21.1 Å². The lowest BCUT2D eigenvalue weighted by atomic mass is 10.2. The number of methoxy groups -OCH3 is 1. The zero-order valence-corrected chi connectivity index (χ0v) is 15.0. The molecule has 0 bridgehead atoms. The highest BCUT2D eigenvalue weighted by Crippen LogP contribution is 2.38. The van der Waals surface area contributed by atoms with Crippen LogP contribution in [0.1, 0.15) is 11.1 Å². The Morgan fingerprint density at radius 1 is 1.32 bits per heavy atom. The average molecular weight is 379 g/mol. The number of thioether (sulfide) groups is 1. The summed E-state index contributed by atoms with van der Waals surface area (Å²) in [6.45, 7) is 1.03. The fourth-order valence-corrected chi connectivity index (χ4v) is 3.47. The topological polar surface area (TPSA) is 74.0 Å². The quantitative estimate of drug-likeness (QED) is 0.552. The molecule has 0 radical (unpaired) electrons. The van der Waals surface area contributed by atoms with E-state index < -0.39 is 4.92 Å². The molecule has 6 nitrogen and oxygen atoms in total. The van der Waals surface area contributed by atoms with E-state index >= 15 is 0 Å². The molecule has 0 unspecified atom stereocenters. The van der Waals surface area contributed by atoms with Crippen molar-refractivity contribution in [1.82, 2.24) is 0 Å². The molecular formula is C17H15ClN2O4S. The molecule has 0 aliphatic carbocycles. The van der Waals surface area contributed by atoms with Gasteiger partial charge in [0.05, 0.1) is 22.1 Å². The maximum atomic E-state index is 10.7. The lowest BCUT2D eigenvalue weighted by Gasteiger charge is -2.14. The van der Waals surface area contributed by atoms with E-state index in [2.05, 4.69) is 4.99 Å². The lowest BCUT2D eigenvalue weighted by Crippen LogP contribution is -2.01. The first-order chi connectivity index (χ1) is 12.1. The largest absolute Gasteiger partial charge is 0.493 e. The third-order valence-electron chi connectivity index (χ3n) is 3.59. The first kappa shape index (κ1) is 17.6. The summed E-state index contributed by atoms with van der Waals surface area (Å²) < 4.78 is 11.2. The molecule has 0 saturated carbocycles. The third kappa shape index (κ3) is 4.05. The van der Waals surface area contributed by atoms with Gasteiger partial charge in [-0.25, -0.2) is 0 Å². The Kier molecular flexibility index (Phi) is 5.45. The van der Waals surface area contributed by atoms with Crippen molar-refractivity contribution in [3.05, 3.63) is 62.7 Å². The second kappa shape index (κ2) is 7.76. The van der Waals surface area contributed by atoms with Crippen LogP contribution in [0.25, 0.3) is 0 Å². The number of nitro benzene ring substituents is 1. The molecule has 0 spiro atoms. The van der Waals surface area contributed by atoms with Crippen LogP contribution in [-0.2, 0) is 6.61 Å². The smallest absolute Gasteiger partial charge is 0.269 e. The zero-order chi connectivity index (χ0) is 17.8. The van der Waals surface area contributed by atoms with Gasteiger partial charge in [0.1, 0.15) is 6.61 Å². The highest BCUT2D eigenvalue weighted by atomic mass is 35.5. The molecule has 1 aliphatic heterocycles. The first-order valence-electron chi connectivity index (χ1n) is 7.50. The van der Waals surface area contributed by atoms with E-state index in [-0.39, 0.29) is 12.3 Å². The Morgan fingerprint density at radius 2 is 2.08 bits per heavy atom. The van der Waals surface area contributed by atoms with E-state index in [0.29, 0.717) is 16.5 Å². The maximum Gasteiger partial charge on any atom is 0.269 e. The molecule has 0 N–H and O–H groups in total.